The molecule has 0 radical (unpaired) electrons. The van der Waals surface area contributed by atoms with Crippen molar-refractivity contribution < 1.29 is 13.2 Å². The Balaban J connectivity index is 2.22. The maximum Gasteiger partial charge on any atom is 0.435 e. The highest BCUT2D eigenvalue weighted by atomic mass is 19.4. The van der Waals surface area contributed by atoms with Crippen LogP contribution in [-0.2, 0) is 6.18 Å². The molecule has 0 unspecified atom stereocenters. The molecule has 2 heterocycles. The van der Waals surface area contributed by atoms with Crippen LogP contribution in [0, 0.1) is 0 Å². The molecule has 3 N–H and O–H groups in total. The zero-order chi connectivity index (χ0) is 14.6. The molecule has 0 bridgehead atoms. The summed E-state index contributed by atoms with van der Waals surface area (Å²) in [4.78, 5) is 4.18. The second kappa shape index (κ2) is 5.64. The summed E-state index contributed by atoms with van der Waals surface area (Å²) in [5, 5.41) is 11.2. The predicted octanol–water partition coefficient (Wildman–Crippen LogP) is 2.59. The molecule has 106 valence electrons. The van der Waals surface area contributed by atoms with Crippen molar-refractivity contribution in [1.82, 2.24) is 20.5 Å². The predicted molar refractivity (Wildman–Crippen MR) is 68.6 cm³/mol. The van der Waals surface area contributed by atoms with E-state index in [1.165, 1.54) is 0 Å². The van der Waals surface area contributed by atoms with Gasteiger partial charge in [-0.1, -0.05) is 6.07 Å². The van der Waals surface area contributed by atoms with E-state index in [1.807, 2.05) is 0 Å². The molecular weight excluding hydrogens is 271 g/mol. The van der Waals surface area contributed by atoms with Crippen LogP contribution in [0.3, 0.4) is 0 Å². The number of hydrogen-bond acceptors (Lipinski definition) is 4. The average Bonchev–Trinajstić information content (AvgIpc) is 2.89. The molecule has 0 amide bonds. The monoisotopic (exact) mass is 283 g/mol. The number of nitrogens with one attached hydrogen (secondary N) is 3. The lowest BCUT2D eigenvalue weighted by molar-refractivity contribution is -0.141. The third-order valence-electron chi connectivity index (χ3n) is 2.37. The maximum atomic E-state index is 12.5. The normalized spacial score (nSPS) is 11.8. The number of nitrogens with zero attached hydrogens (tertiary/aromatic N) is 2. The summed E-state index contributed by atoms with van der Waals surface area (Å²) in [7, 11) is 1.74. The van der Waals surface area contributed by atoms with Gasteiger partial charge in [0.15, 0.2) is 5.69 Å². The minimum Gasteiger partial charge on any atom is -0.393 e. The first kappa shape index (κ1) is 13.9. The molecule has 2 rings (SSSR count). The summed E-state index contributed by atoms with van der Waals surface area (Å²) in [6, 6.07) is 5.91. The summed E-state index contributed by atoms with van der Waals surface area (Å²) < 4.78 is 37.4. The van der Waals surface area contributed by atoms with E-state index in [0.717, 1.165) is 6.07 Å². The van der Waals surface area contributed by atoms with Crippen LogP contribution in [0.2, 0.25) is 0 Å². The number of H-pyrrole nitrogens is 1. The lowest BCUT2D eigenvalue weighted by atomic mass is 10.2. The molecule has 0 aliphatic carbocycles. The van der Waals surface area contributed by atoms with Crippen LogP contribution in [0.4, 0.5) is 19.0 Å². The van der Waals surface area contributed by atoms with Crippen LogP contribution in [0.25, 0.3) is 11.4 Å². The van der Waals surface area contributed by atoms with Gasteiger partial charge in [-0.3, -0.25) is 5.10 Å². The fourth-order valence-electron chi connectivity index (χ4n) is 1.47. The van der Waals surface area contributed by atoms with E-state index in [9.17, 15) is 13.2 Å². The van der Waals surface area contributed by atoms with Crippen LogP contribution >= 0.6 is 0 Å². The zero-order valence-corrected chi connectivity index (χ0v) is 10.5. The Morgan fingerprint density at radius 3 is 2.70 bits per heavy atom. The van der Waals surface area contributed by atoms with Crippen molar-refractivity contribution in [1.29, 1.82) is 0 Å². The largest absolute Gasteiger partial charge is 0.435 e. The summed E-state index contributed by atoms with van der Waals surface area (Å²) in [6.07, 6.45) is -1.19. The van der Waals surface area contributed by atoms with E-state index in [0.29, 0.717) is 11.5 Å². The number of anilines is 1. The number of aromatic nitrogens is 3. The van der Waals surface area contributed by atoms with Gasteiger partial charge in [0.05, 0.1) is 11.4 Å². The molecule has 2 aromatic rings. The number of rotatable bonds is 4. The number of hydrogen-bond donors (Lipinski definition) is 3. The van der Waals surface area contributed by atoms with Gasteiger partial charge in [-0.05, 0) is 18.2 Å². The Labute approximate surface area is 112 Å². The van der Waals surface area contributed by atoms with E-state index in [1.54, 1.807) is 37.6 Å². The van der Waals surface area contributed by atoms with Crippen molar-refractivity contribution in [3.8, 4) is 11.4 Å². The maximum absolute atomic E-state index is 12.5. The molecule has 5 nitrogen and oxygen atoms in total. The first-order valence-electron chi connectivity index (χ1n) is 5.69. The molecule has 2 aromatic heterocycles. The fourth-order valence-corrected chi connectivity index (χ4v) is 1.47. The number of pyridine rings is 1. The van der Waals surface area contributed by atoms with Gasteiger partial charge < -0.3 is 10.6 Å². The quantitative estimate of drug-likeness (QED) is 0.807. The van der Waals surface area contributed by atoms with Gasteiger partial charge in [0.2, 0.25) is 0 Å². The first-order valence-corrected chi connectivity index (χ1v) is 5.69. The number of halogens is 3. The fraction of sp³-hybridized carbons (Fsp3) is 0.167. The van der Waals surface area contributed by atoms with Gasteiger partial charge in [-0.2, -0.15) is 18.3 Å². The smallest absolute Gasteiger partial charge is 0.393 e. The molecule has 8 heteroatoms. The molecule has 0 aliphatic heterocycles. The average molecular weight is 283 g/mol. The molecule has 0 atom stereocenters. The minimum atomic E-state index is -4.47. The van der Waals surface area contributed by atoms with Crippen molar-refractivity contribution >= 4 is 5.82 Å². The highest BCUT2D eigenvalue weighted by Crippen LogP contribution is 2.29. The highest BCUT2D eigenvalue weighted by molar-refractivity contribution is 5.57. The van der Waals surface area contributed by atoms with Crippen molar-refractivity contribution in [2.45, 2.75) is 6.18 Å². The van der Waals surface area contributed by atoms with E-state index in [4.69, 9.17) is 0 Å². The second-order valence-corrected chi connectivity index (χ2v) is 3.84. The van der Waals surface area contributed by atoms with E-state index < -0.39 is 11.9 Å². The molecule has 0 aliphatic rings. The lowest BCUT2D eigenvalue weighted by Gasteiger charge is -2.02. The van der Waals surface area contributed by atoms with Gasteiger partial charge >= 0.3 is 6.18 Å². The standard InChI is InChI=1S/C12H12F3N5/c1-16-5-6-17-11-4-2-3-8(18-11)9-7-10(20-19-9)12(13,14)15/h2-7,16H,1H3,(H,17,18)(H,19,20)/b6-5-. The third-order valence-corrected chi connectivity index (χ3v) is 2.37. The molecule has 0 spiro atoms. The van der Waals surface area contributed by atoms with Crippen LogP contribution < -0.4 is 10.6 Å². The molecule has 20 heavy (non-hydrogen) atoms. The van der Waals surface area contributed by atoms with Crippen LogP contribution in [0.5, 0.6) is 0 Å². The van der Waals surface area contributed by atoms with Gasteiger partial charge in [0.1, 0.15) is 5.82 Å². The second-order valence-electron chi connectivity index (χ2n) is 3.84. The van der Waals surface area contributed by atoms with Gasteiger partial charge in [-0.15, -0.1) is 0 Å². The number of aromatic amines is 1. The van der Waals surface area contributed by atoms with Crippen LogP contribution in [0.1, 0.15) is 5.69 Å². The summed E-state index contributed by atoms with van der Waals surface area (Å²) in [6.45, 7) is 0. The minimum absolute atomic E-state index is 0.207. The summed E-state index contributed by atoms with van der Waals surface area (Å²) in [5.74, 6) is 0.511. The van der Waals surface area contributed by atoms with E-state index >= 15 is 0 Å². The van der Waals surface area contributed by atoms with E-state index in [-0.39, 0.29) is 5.69 Å². The van der Waals surface area contributed by atoms with Crippen molar-refractivity contribution in [3.05, 3.63) is 42.4 Å². The Morgan fingerprint density at radius 2 is 2.05 bits per heavy atom. The van der Waals surface area contributed by atoms with Gasteiger partial charge in [-0.25, -0.2) is 4.98 Å². The summed E-state index contributed by atoms with van der Waals surface area (Å²) >= 11 is 0. The van der Waals surface area contributed by atoms with Crippen LogP contribution in [-0.4, -0.2) is 22.2 Å². The topological polar surface area (TPSA) is 65.6 Å². The molecule has 0 saturated carbocycles. The van der Waals surface area contributed by atoms with Crippen molar-refractivity contribution in [3.63, 3.8) is 0 Å². The molecule has 0 aromatic carbocycles. The highest BCUT2D eigenvalue weighted by Gasteiger charge is 2.34. The van der Waals surface area contributed by atoms with Crippen molar-refractivity contribution in [2.75, 3.05) is 12.4 Å². The number of alkyl halides is 3. The Kier molecular flexibility index (Phi) is 3.92. The Bertz CT molecular complexity index is 603. The van der Waals surface area contributed by atoms with E-state index in [2.05, 4.69) is 25.8 Å². The SMILES string of the molecule is CN/C=C\Nc1cccc(-c2cc(C(F)(F)F)n[nH]2)n1. The third kappa shape index (κ3) is 3.28. The van der Waals surface area contributed by atoms with Crippen LogP contribution in [0.15, 0.2) is 36.7 Å². The first-order chi connectivity index (χ1) is 9.50. The Morgan fingerprint density at radius 1 is 1.25 bits per heavy atom. The molecular formula is C12H12F3N5. The zero-order valence-electron chi connectivity index (χ0n) is 10.5. The van der Waals surface area contributed by atoms with Gasteiger partial charge in [0, 0.05) is 19.4 Å². The Hall–Kier alpha value is -2.51. The molecule has 0 fully saturated rings. The summed E-state index contributed by atoms with van der Waals surface area (Å²) in [5.41, 5.74) is -0.392. The lowest BCUT2D eigenvalue weighted by Crippen LogP contribution is -2.04. The van der Waals surface area contributed by atoms with Gasteiger partial charge in [0.25, 0.3) is 0 Å². The molecule has 0 saturated heterocycles. The van der Waals surface area contributed by atoms with Crippen molar-refractivity contribution in [2.24, 2.45) is 0 Å².